The van der Waals surface area contributed by atoms with Crippen LogP contribution in [0.15, 0.2) is 53.5 Å². The second kappa shape index (κ2) is 5.92. The van der Waals surface area contributed by atoms with Gasteiger partial charge in [-0.15, -0.1) is 0 Å². The predicted molar refractivity (Wildman–Crippen MR) is 79.5 cm³/mol. The topological polar surface area (TPSA) is 52.9 Å². The number of carbonyl (C=O) groups is 1. The Labute approximate surface area is 139 Å². The summed E-state index contributed by atoms with van der Waals surface area (Å²) in [4.78, 5) is 15.6. The smallest absolute Gasteiger partial charge is 0.286 e. The van der Waals surface area contributed by atoms with Crippen LogP contribution >= 0.6 is 11.6 Å². The molecular formula is C16H10ClF3N2O2. The lowest BCUT2D eigenvalue weighted by atomic mass is 10.1. The Balaban J connectivity index is 2.44. The van der Waals surface area contributed by atoms with Gasteiger partial charge in [0.15, 0.2) is 0 Å². The first-order valence-corrected chi connectivity index (χ1v) is 7.24. The van der Waals surface area contributed by atoms with E-state index >= 15 is 0 Å². The molecular weight excluding hydrogens is 345 g/mol. The van der Waals surface area contributed by atoms with Crippen LogP contribution in [0.3, 0.4) is 0 Å². The summed E-state index contributed by atoms with van der Waals surface area (Å²) in [7, 11) is 0. The van der Waals surface area contributed by atoms with Crippen molar-refractivity contribution in [3.63, 3.8) is 0 Å². The minimum atomic E-state index is -4.58. The fourth-order valence-electron chi connectivity index (χ4n) is 2.40. The predicted octanol–water partition coefficient (Wildman–Crippen LogP) is 2.28. The molecule has 1 N–H and O–H groups in total. The van der Waals surface area contributed by atoms with Crippen molar-refractivity contribution >= 4 is 23.2 Å². The van der Waals surface area contributed by atoms with E-state index in [-0.39, 0.29) is 16.3 Å². The van der Waals surface area contributed by atoms with E-state index in [1.54, 1.807) is 30.3 Å². The SMILES string of the molecule is O=C1N=c2ccc(C(F)(F)F)cc2=C(c2ccccc2)N(O)C1Cl. The van der Waals surface area contributed by atoms with Gasteiger partial charge in [0.05, 0.1) is 16.6 Å². The van der Waals surface area contributed by atoms with Crippen LogP contribution in [0, 0.1) is 0 Å². The number of nitrogens with zero attached hydrogens (tertiary/aromatic N) is 2. The van der Waals surface area contributed by atoms with Crippen LogP contribution in [0.25, 0.3) is 5.70 Å². The number of hydrogen-bond donors (Lipinski definition) is 1. The van der Waals surface area contributed by atoms with E-state index in [0.29, 0.717) is 10.6 Å². The van der Waals surface area contributed by atoms with Gasteiger partial charge in [0.1, 0.15) is 0 Å². The van der Waals surface area contributed by atoms with Gasteiger partial charge in [0.25, 0.3) is 5.91 Å². The lowest BCUT2D eigenvalue weighted by Crippen LogP contribution is -2.35. The maximum atomic E-state index is 13.0. The van der Waals surface area contributed by atoms with Gasteiger partial charge < -0.3 is 0 Å². The summed E-state index contributed by atoms with van der Waals surface area (Å²) in [5.74, 6) is -0.869. The number of alkyl halides is 4. The number of carbonyl (C=O) groups excluding carboxylic acids is 1. The third-order valence-electron chi connectivity index (χ3n) is 3.50. The molecule has 2 aromatic rings. The minimum Gasteiger partial charge on any atom is -0.286 e. The zero-order valence-electron chi connectivity index (χ0n) is 12.0. The quantitative estimate of drug-likeness (QED) is 0.631. The number of hydrogen-bond acceptors (Lipinski definition) is 3. The van der Waals surface area contributed by atoms with Gasteiger partial charge in [-0.3, -0.25) is 10.0 Å². The molecule has 0 radical (unpaired) electrons. The maximum absolute atomic E-state index is 13.0. The molecule has 1 unspecified atom stereocenters. The fraction of sp³-hybridized carbons (Fsp3) is 0.125. The number of rotatable bonds is 1. The van der Waals surface area contributed by atoms with Crippen molar-refractivity contribution in [3.8, 4) is 0 Å². The number of fused-ring (bicyclic) bond motifs is 1. The van der Waals surface area contributed by atoms with Crippen molar-refractivity contribution in [2.24, 2.45) is 4.99 Å². The highest BCUT2D eigenvalue weighted by atomic mass is 35.5. The summed E-state index contributed by atoms with van der Waals surface area (Å²) in [6.45, 7) is 0. The Kier molecular flexibility index (Phi) is 4.06. The molecule has 0 spiro atoms. The first-order chi connectivity index (χ1) is 11.3. The first kappa shape index (κ1) is 16.5. The molecule has 2 aromatic carbocycles. The largest absolute Gasteiger partial charge is 0.416 e. The standard InChI is InChI=1S/C16H10ClF3N2O2/c17-14-15(23)21-12-7-6-10(16(18,19)20)8-11(12)13(22(14)24)9-4-2-1-3-5-9/h1-8,14,24H. The summed E-state index contributed by atoms with van der Waals surface area (Å²) in [5.41, 5.74) is -2.08. The summed E-state index contributed by atoms with van der Waals surface area (Å²) in [5, 5.41) is 10.7. The van der Waals surface area contributed by atoms with Gasteiger partial charge in [0.2, 0.25) is 5.50 Å². The fourth-order valence-corrected chi connectivity index (χ4v) is 2.54. The third kappa shape index (κ3) is 2.88. The highest BCUT2D eigenvalue weighted by Crippen LogP contribution is 2.28. The Morgan fingerprint density at radius 1 is 1.12 bits per heavy atom. The van der Waals surface area contributed by atoms with E-state index in [0.717, 1.165) is 18.2 Å². The molecule has 3 rings (SSSR count). The zero-order chi connectivity index (χ0) is 17.5. The molecule has 4 nitrogen and oxygen atoms in total. The summed E-state index contributed by atoms with van der Waals surface area (Å²) in [6.07, 6.45) is -4.58. The van der Waals surface area contributed by atoms with Crippen LogP contribution in [-0.4, -0.2) is 21.7 Å². The van der Waals surface area contributed by atoms with Crippen LogP contribution in [0.2, 0.25) is 0 Å². The highest BCUT2D eigenvalue weighted by molar-refractivity contribution is 6.30. The molecule has 24 heavy (non-hydrogen) atoms. The normalized spacial score (nSPS) is 18.0. The van der Waals surface area contributed by atoms with Crippen molar-refractivity contribution in [1.82, 2.24) is 5.06 Å². The van der Waals surface area contributed by atoms with E-state index < -0.39 is 23.1 Å². The second-order valence-electron chi connectivity index (χ2n) is 5.07. The minimum absolute atomic E-state index is 0.00838. The number of halogens is 4. The molecule has 0 aliphatic carbocycles. The second-order valence-corrected chi connectivity index (χ2v) is 5.49. The van der Waals surface area contributed by atoms with E-state index in [2.05, 4.69) is 4.99 Å². The van der Waals surface area contributed by atoms with Gasteiger partial charge in [-0.05, 0) is 18.2 Å². The average Bonchev–Trinajstić information content (AvgIpc) is 2.63. The van der Waals surface area contributed by atoms with Crippen LogP contribution in [0.5, 0.6) is 0 Å². The molecule has 0 saturated carbocycles. The average molecular weight is 355 g/mol. The lowest BCUT2D eigenvalue weighted by Gasteiger charge is -2.22. The van der Waals surface area contributed by atoms with Gasteiger partial charge in [0, 0.05) is 10.8 Å². The molecule has 0 fully saturated rings. The van der Waals surface area contributed by atoms with Gasteiger partial charge >= 0.3 is 6.18 Å². The van der Waals surface area contributed by atoms with Crippen molar-refractivity contribution in [3.05, 3.63) is 70.2 Å². The van der Waals surface area contributed by atoms with Crippen LogP contribution in [0.1, 0.15) is 11.1 Å². The third-order valence-corrected chi connectivity index (χ3v) is 3.88. The molecule has 8 heteroatoms. The first-order valence-electron chi connectivity index (χ1n) is 6.81. The molecule has 1 heterocycles. The Morgan fingerprint density at radius 3 is 2.42 bits per heavy atom. The monoisotopic (exact) mass is 354 g/mol. The van der Waals surface area contributed by atoms with E-state index in [1.165, 1.54) is 0 Å². The number of amides is 1. The van der Waals surface area contributed by atoms with Crippen molar-refractivity contribution < 1.29 is 23.2 Å². The Hall–Kier alpha value is -2.38. The van der Waals surface area contributed by atoms with Gasteiger partial charge in [-0.2, -0.15) is 13.2 Å². The lowest BCUT2D eigenvalue weighted by molar-refractivity contribution is -0.137. The molecule has 1 aliphatic rings. The molecule has 0 saturated heterocycles. The van der Waals surface area contributed by atoms with E-state index in [1.807, 2.05) is 0 Å². The Bertz CT molecular complexity index is 913. The van der Waals surface area contributed by atoms with Crippen LogP contribution < -0.4 is 10.6 Å². The van der Waals surface area contributed by atoms with E-state index in [9.17, 15) is 23.2 Å². The maximum Gasteiger partial charge on any atom is 0.416 e. The summed E-state index contributed by atoms with van der Waals surface area (Å²) >= 11 is 5.88. The molecule has 1 atom stereocenters. The van der Waals surface area contributed by atoms with Crippen molar-refractivity contribution in [2.75, 3.05) is 0 Å². The number of hydroxylamine groups is 2. The molecule has 1 aliphatic heterocycles. The summed E-state index contributed by atoms with van der Waals surface area (Å²) in [6, 6.07) is 10.9. The van der Waals surface area contributed by atoms with Gasteiger partial charge in [-0.25, -0.2) is 10.1 Å². The molecule has 124 valence electrons. The molecule has 0 bridgehead atoms. The van der Waals surface area contributed by atoms with Crippen molar-refractivity contribution in [2.45, 2.75) is 11.7 Å². The van der Waals surface area contributed by atoms with Crippen molar-refractivity contribution in [1.29, 1.82) is 0 Å². The Morgan fingerprint density at radius 2 is 1.79 bits per heavy atom. The van der Waals surface area contributed by atoms with Gasteiger partial charge in [-0.1, -0.05) is 41.9 Å². The summed E-state index contributed by atoms with van der Waals surface area (Å²) < 4.78 is 39.1. The molecule has 1 amide bonds. The van der Waals surface area contributed by atoms with Crippen LogP contribution in [-0.2, 0) is 11.0 Å². The number of benzene rings is 2. The molecule has 0 aromatic heterocycles. The van der Waals surface area contributed by atoms with E-state index in [4.69, 9.17) is 11.6 Å². The zero-order valence-corrected chi connectivity index (χ0v) is 12.7. The van der Waals surface area contributed by atoms with Crippen LogP contribution in [0.4, 0.5) is 13.2 Å². The highest BCUT2D eigenvalue weighted by Gasteiger charge is 2.32.